The number of carbonyl (C=O) groups excluding carboxylic acids is 1. The second kappa shape index (κ2) is 5.79. The maximum absolute atomic E-state index is 11.9. The second-order valence-electron chi connectivity index (χ2n) is 4.44. The van der Waals surface area contributed by atoms with Crippen LogP contribution >= 0.6 is 11.6 Å². The Hall–Kier alpha value is -2.27. The quantitative estimate of drug-likeness (QED) is 0.908. The number of rotatable bonds is 3. The van der Waals surface area contributed by atoms with E-state index in [0.29, 0.717) is 16.4 Å². The summed E-state index contributed by atoms with van der Waals surface area (Å²) < 4.78 is 1.25. The normalized spacial score (nSPS) is 10.3. The molecule has 104 valence electrons. The van der Waals surface area contributed by atoms with Crippen molar-refractivity contribution in [2.45, 2.75) is 13.5 Å². The first-order valence-electron chi connectivity index (χ1n) is 5.97. The third kappa shape index (κ3) is 3.39. The molecular formula is C14H14ClN3O2. The number of pyridine rings is 1. The highest BCUT2D eigenvalue weighted by Crippen LogP contribution is 2.19. The molecular weight excluding hydrogens is 278 g/mol. The topological polar surface area (TPSA) is 77.1 Å². The van der Waals surface area contributed by atoms with Gasteiger partial charge in [0.2, 0.25) is 5.91 Å². The van der Waals surface area contributed by atoms with Crippen molar-refractivity contribution in [2.75, 3.05) is 11.1 Å². The summed E-state index contributed by atoms with van der Waals surface area (Å²) in [5, 5.41) is 3.25. The fraction of sp³-hybridized carbons (Fsp3) is 0.143. The van der Waals surface area contributed by atoms with Gasteiger partial charge in [0.1, 0.15) is 6.54 Å². The molecule has 0 radical (unpaired) electrons. The van der Waals surface area contributed by atoms with Crippen LogP contribution in [0.1, 0.15) is 5.56 Å². The van der Waals surface area contributed by atoms with Crippen LogP contribution in [-0.4, -0.2) is 10.5 Å². The van der Waals surface area contributed by atoms with Gasteiger partial charge in [-0.05, 0) is 30.7 Å². The zero-order valence-corrected chi connectivity index (χ0v) is 11.6. The predicted octanol–water partition coefficient (Wildman–Crippen LogP) is 2.03. The van der Waals surface area contributed by atoms with E-state index >= 15 is 0 Å². The van der Waals surface area contributed by atoms with Gasteiger partial charge in [-0.2, -0.15) is 0 Å². The summed E-state index contributed by atoms with van der Waals surface area (Å²) in [4.78, 5) is 23.5. The number of nitrogen functional groups attached to an aromatic ring is 1. The molecule has 1 aromatic heterocycles. The molecule has 3 N–H and O–H groups in total. The molecule has 1 aromatic carbocycles. The summed E-state index contributed by atoms with van der Waals surface area (Å²) in [6.45, 7) is 1.77. The molecule has 0 aliphatic carbocycles. The number of aryl methyl sites for hydroxylation is 1. The molecule has 1 heterocycles. The van der Waals surface area contributed by atoms with Crippen LogP contribution in [0.5, 0.6) is 0 Å². The highest BCUT2D eigenvalue weighted by Gasteiger charge is 2.06. The van der Waals surface area contributed by atoms with E-state index in [-0.39, 0.29) is 18.0 Å². The van der Waals surface area contributed by atoms with Crippen molar-refractivity contribution in [3.8, 4) is 0 Å². The molecule has 20 heavy (non-hydrogen) atoms. The van der Waals surface area contributed by atoms with E-state index in [2.05, 4.69) is 5.32 Å². The van der Waals surface area contributed by atoms with Crippen molar-refractivity contribution in [1.82, 2.24) is 4.57 Å². The summed E-state index contributed by atoms with van der Waals surface area (Å²) in [6.07, 6.45) is 1.43. The highest BCUT2D eigenvalue weighted by atomic mass is 35.5. The molecule has 2 aromatic rings. The molecule has 6 heteroatoms. The fourth-order valence-corrected chi connectivity index (χ4v) is 1.88. The number of nitrogens with two attached hydrogens (primary N) is 1. The lowest BCUT2D eigenvalue weighted by Gasteiger charge is -2.09. The van der Waals surface area contributed by atoms with Crippen LogP contribution in [0.2, 0.25) is 5.02 Å². The van der Waals surface area contributed by atoms with Gasteiger partial charge in [0.25, 0.3) is 5.56 Å². The van der Waals surface area contributed by atoms with E-state index in [1.54, 1.807) is 12.1 Å². The first-order chi connectivity index (χ1) is 9.45. The highest BCUT2D eigenvalue weighted by molar-refractivity contribution is 6.31. The number of nitrogens with zero attached hydrogens (tertiary/aromatic N) is 1. The van der Waals surface area contributed by atoms with Crippen LogP contribution in [0.3, 0.4) is 0 Å². The zero-order chi connectivity index (χ0) is 14.7. The van der Waals surface area contributed by atoms with Gasteiger partial charge in [-0.3, -0.25) is 9.59 Å². The van der Waals surface area contributed by atoms with Crippen LogP contribution in [0.4, 0.5) is 11.4 Å². The Bertz CT molecular complexity index is 710. The van der Waals surface area contributed by atoms with Crippen molar-refractivity contribution < 1.29 is 4.79 Å². The van der Waals surface area contributed by atoms with Crippen molar-refractivity contribution >= 4 is 28.9 Å². The third-order valence-corrected chi connectivity index (χ3v) is 3.18. The van der Waals surface area contributed by atoms with Crippen molar-refractivity contribution in [1.29, 1.82) is 0 Å². The number of nitrogens with one attached hydrogen (secondary N) is 1. The molecule has 0 atom stereocenters. The summed E-state index contributed by atoms with van der Waals surface area (Å²) in [5.41, 5.74) is 7.24. The van der Waals surface area contributed by atoms with Crippen molar-refractivity contribution in [3.05, 3.63) is 57.5 Å². The molecule has 0 saturated heterocycles. The van der Waals surface area contributed by atoms with Gasteiger partial charge in [0.05, 0.1) is 0 Å². The van der Waals surface area contributed by atoms with Crippen LogP contribution < -0.4 is 16.6 Å². The van der Waals surface area contributed by atoms with Gasteiger partial charge >= 0.3 is 0 Å². The van der Waals surface area contributed by atoms with Gasteiger partial charge in [-0.15, -0.1) is 0 Å². The number of halogens is 1. The van der Waals surface area contributed by atoms with E-state index in [1.807, 2.05) is 13.0 Å². The summed E-state index contributed by atoms with van der Waals surface area (Å²) in [6, 6.07) is 8.05. The first-order valence-corrected chi connectivity index (χ1v) is 6.35. The smallest absolute Gasteiger partial charge is 0.251 e. The number of amides is 1. The largest absolute Gasteiger partial charge is 0.398 e. The van der Waals surface area contributed by atoms with Gasteiger partial charge in [0, 0.05) is 28.7 Å². The Morgan fingerprint density at radius 1 is 1.35 bits per heavy atom. The molecule has 1 amide bonds. The van der Waals surface area contributed by atoms with Crippen molar-refractivity contribution in [3.63, 3.8) is 0 Å². The predicted molar refractivity (Wildman–Crippen MR) is 79.9 cm³/mol. The molecule has 0 saturated carbocycles. The first kappa shape index (κ1) is 14.1. The molecule has 0 spiro atoms. The minimum Gasteiger partial charge on any atom is -0.398 e. The number of aromatic nitrogens is 1. The lowest BCUT2D eigenvalue weighted by atomic mass is 10.2. The molecule has 0 fully saturated rings. The zero-order valence-electron chi connectivity index (χ0n) is 10.9. The SMILES string of the molecule is Cc1ccc(NC(=O)Cn2cc(N)ccc2=O)cc1Cl. The maximum Gasteiger partial charge on any atom is 0.251 e. The van der Waals surface area contributed by atoms with E-state index in [1.165, 1.54) is 22.9 Å². The molecule has 0 aliphatic heterocycles. The molecule has 0 bridgehead atoms. The number of hydrogen-bond acceptors (Lipinski definition) is 3. The van der Waals surface area contributed by atoms with Crippen molar-refractivity contribution in [2.24, 2.45) is 0 Å². The minimum absolute atomic E-state index is 0.102. The average molecular weight is 292 g/mol. The monoisotopic (exact) mass is 291 g/mol. The van der Waals surface area contributed by atoms with Crippen LogP contribution in [0, 0.1) is 6.92 Å². The standard InChI is InChI=1S/C14H14ClN3O2/c1-9-2-4-11(6-12(9)15)17-13(19)8-18-7-10(16)3-5-14(18)20/h2-7H,8,16H2,1H3,(H,17,19). The van der Waals surface area contributed by atoms with Crippen LogP contribution in [-0.2, 0) is 11.3 Å². The van der Waals surface area contributed by atoms with Gasteiger partial charge in [-0.25, -0.2) is 0 Å². The van der Waals surface area contributed by atoms with E-state index in [4.69, 9.17) is 17.3 Å². The number of benzene rings is 1. The lowest BCUT2D eigenvalue weighted by molar-refractivity contribution is -0.116. The molecule has 5 nitrogen and oxygen atoms in total. The van der Waals surface area contributed by atoms with Gasteiger partial charge in [0.15, 0.2) is 0 Å². The maximum atomic E-state index is 11.9. The lowest BCUT2D eigenvalue weighted by Crippen LogP contribution is -2.27. The Morgan fingerprint density at radius 3 is 2.80 bits per heavy atom. The molecule has 2 rings (SSSR count). The van der Waals surface area contributed by atoms with Gasteiger partial charge < -0.3 is 15.6 Å². The minimum atomic E-state index is -0.322. The third-order valence-electron chi connectivity index (χ3n) is 2.78. The average Bonchev–Trinajstić information content (AvgIpc) is 2.38. The van der Waals surface area contributed by atoms with Crippen LogP contribution in [0.25, 0.3) is 0 Å². The van der Waals surface area contributed by atoms with E-state index in [9.17, 15) is 9.59 Å². The Labute approximate surface area is 121 Å². The molecule has 0 aliphatic rings. The number of hydrogen-bond donors (Lipinski definition) is 2. The number of carbonyl (C=O) groups is 1. The Morgan fingerprint density at radius 2 is 2.10 bits per heavy atom. The summed E-state index contributed by atoms with van der Waals surface area (Å²) in [5.74, 6) is -0.322. The fourth-order valence-electron chi connectivity index (χ4n) is 1.70. The van der Waals surface area contributed by atoms with Crippen LogP contribution in [0.15, 0.2) is 41.3 Å². The Balaban J connectivity index is 2.11. The Kier molecular flexibility index (Phi) is 4.10. The van der Waals surface area contributed by atoms with E-state index in [0.717, 1.165) is 5.56 Å². The molecule has 0 unspecified atom stereocenters. The summed E-state index contributed by atoms with van der Waals surface area (Å²) in [7, 11) is 0. The summed E-state index contributed by atoms with van der Waals surface area (Å²) >= 11 is 5.98. The van der Waals surface area contributed by atoms with Gasteiger partial charge in [-0.1, -0.05) is 17.7 Å². The van der Waals surface area contributed by atoms with E-state index < -0.39 is 0 Å². The second-order valence-corrected chi connectivity index (χ2v) is 4.85. The number of anilines is 2.